The summed E-state index contributed by atoms with van der Waals surface area (Å²) in [6.07, 6.45) is 2.86. The van der Waals surface area contributed by atoms with Gasteiger partial charge in [0.15, 0.2) is 0 Å². The fourth-order valence-corrected chi connectivity index (χ4v) is 1.54. The lowest BCUT2D eigenvalue weighted by molar-refractivity contribution is -0.129. The zero-order chi connectivity index (χ0) is 10.8. The molecule has 1 aliphatic rings. The zero-order valence-electron chi connectivity index (χ0n) is 8.14. The number of hydrogen-bond donors (Lipinski definition) is 1. The van der Waals surface area contributed by atoms with E-state index in [0.29, 0.717) is 30.8 Å². The minimum atomic E-state index is -0.191. The summed E-state index contributed by atoms with van der Waals surface area (Å²) in [6, 6.07) is 3.20. The molecule has 15 heavy (non-hydrogen) atoms. The number of amides is 2. The molecule has 2 amide bonds. The van der Waals surface area contributed by atoms with Crippen molar-refractivity contribution in [2.45, 2.75) is 19.3 Å². The van der Waals surface area contributed by atoms with Crippen LogP contribution in [0, 0.1) is 0 Å². The molecule has 5 nitrogen and oxygen atoms in total. The van der Waals surface area contributed by atoms with Gasteiger partial charge in [-0.2, -0.15) is 0 Å². The molecule has 1 aliphatic heterocycles. The molecule has 0 radical (unpaired) electrons. The predicted octanol–water partition coefficient (Wildman–Crippen LogP) is 0.707. The van der Waals surface area contributed by atoms with Crippen LogP contribution in [0.4, 0.5) is 11.5 Å². The van der Waals surface area contributed by atoms with Crippen LogP contribution < -0.4 is 10.6 Å². The maximum Gasteiger partial charge on any atom is 0.234 e. The first-order valence-corrected chi connectivity index (χ1v) is 4.76. The average Bonchev–Trinajstić information content (AvgIpc) is 2.20. The van der Waals surface area contributed by atoms with Crippen molar-refractivity contribution in [3.8, 4) is 0 Å². The van der Waals surface area contributed by atoms with E-state index in [1.54, 1.807) is 12.1 Å². The Balaban J connectivity index is 2.31. The van der Waals surface area contributed by atoms with Crippen molar-refractivity contribution in [3.05, 3.63) is 18.3 Å². The Bertz CT molecular complexity index is 384. The summed E-state index contributed by atoms with van der Waals surface area (Å²) < 4.78 is 0. The van der Waals surface area contributed by atoms with Crippen molar-refractivity contribution in [1.82, 2.24) is 4.98 Å². The van der Waals surface area contributed by atoms with Gasteiger partial charge in [-0.25, -0.2) is 9.88 Å². The normalized spacial score (nSPS) is 16.9. The van der Waals surface area contributed by atoms with Gasteiger partial charge in [0.05, 0.1) is 11.9 Å². The molecule has 0 atom stereocenters. The number of piperidine rings is 1. The van der Waals surface area contributed by atoms with Crippen molar-refractivity contribution in [1.29, 1.82) is 0 Å². The first-order valence-electron chi connectivity index (χ1n) is 4.76. The van der Waals surface area contributed by atoms with Crippen LogP contribution in [0.25, 0.3) is 0 Å². The largest absolute Gasteiger partial charge is 0.397 e. The number of nitrogen functional groups attached to an aromatic ring is 1. The quantitative estimate of drug-likeness (QED) is 0.685. The number of anilines is 2. The summed E-state index contributed by atoms with van der Waals surface area (Å²) in [5, 5.41) is 0. The van der Waals surface area contributed by atoms with Gasteiger partial charge in [0.2, 0.25) is 11.8 Å². The fourth-order valence-electron chi connectivity index (χ4n) is 1.54. The number of nitrogens with two attached hydrogens (primary N) is 1. The second-order valence-corrected chi connectivity index (χ2v) is 3.43. The van der Waals surface area contributed by atoms with E-state index in [9.17, 15) is 9.59 Å². The predicted molar refractivity (Wildman–Crippen MR) is 55.0 cm³/mol. The topological polar surface area (TPSA) is 76.3 Å². The van der Waals surface area contributed by atoms with Gasteiger partial charge in [0, 0.05) is 12.8 Å². The summed E-state index contributed by atoms with van der Waals surface area (Å²) in [5.41, 5.74) is 5.98. The van der Waals surface area contributed by atoms with Crippen LogP contribution in [-0.4, -0.2) is 16.8 Å². The van der Waals surface area contributed by atoms with Gasteiger partial charge in [0.25, 0.3) is 0 Å². The smallest absolute Gasteiger partial charge is 0.234 e. The highest BCUT2D eigenvalue weighted by Gasteiger charge is 2.27. The zero-order valence-corrected chi connectivity index (χ0v) is 8.14. The molecule has 1 saturated heterocycles. The van der Waals surface area contributed by atoms with E-state index in [2.05, 4.69) is 4.98 Å². The Morgan fingerprint density at radius 1 is 1.20 bits per heavy atom. The molecule has 2 heterocycles. The second-order valence-electron chi connectivity index (χ2n) is 3.43. The van der Waals surface area contributed by atoms with Gasteiger partial charge in [-0.05, 0) is 18.6 Å². The molecule has 2 rings (SSSR count). The minimum Gasteiger partial charge on any atom is -0.397 e. The molecule has 1 fully saturated rings. The lowest BCUT2D eigenvalue weighted by Gasteiger charge is -2.23. The SMILES string of the molecule is Nc1ccc(N2C(=O)CCCC2=O)nc1. The number of imide groups is 1. The van der Waals surface area contributed by atoms with Crippen molar-refractivity contribution in [2.75, 3.05) is 10.6 Å². The van der Waals surface area contributed by atoms with E-state index in [1.807, 2.05) is 0 Å². The van der Waals surface area contributed by atoms with Crippen LogP contribution in [0.1, 0.15) is 19.3 Å². The summed E-state index contributed by atoms with van der Waals surface area (Å²) in [5.74, 6) is -0.0223. The Morgan fingerprint density at radius 3 is 2.40 bits per heavy atom. The lowest BCUT2D eigenvalue weighted by Crippen LogP contribution is -2.40. The molecule has 78 valence electrons. The van der Waals surface area contributed by atoms with Crippen molar-refractivity contribution >= 4 is 23.3 Å². The number of nitrogens with zero attached hydrogens (tertiary/aromatic N) is 2. The summed E-state index contributed by atoms with van der Waals surface area (Å²) in [4.78, 5) is 28.1. The molecular weight excluding hydrogens is 194 g/mol. The molecule has 5 heteroatoms. The monoisotopic (exact) mass is 205 g/mol. The number of hydrogen-bond acceptors (Lipinski definition) is 4. The number of aromatic nitrogens is 1. The fraction of sp³-hybridized carbons (Fsp3) is 0.300. The number of carbonyl (C=O) groups is 2. The molecule has 2 N–H and O–H groups in total. The van der Waals surface area contributed by atoms with Gasteiger partial charge < -0.3 is 5.73 Å². The van der Waals surface area contributed by atoms with Gasteiger partial charge in [0.1, 0.15) is 5.82 Å². The molecule has 0 aliphatic carbocycles. The van der Waals surface area contributed by atoms with Crippen LogP contribution in [0.15, 0.2) is 18.3 Å². The Hall–Kier alpha value is -1.91. The number of pyridine rings is 1. The summed E-state index contributed by atoms with van der Waals surface area (Å²) in [6.45, 7) is 0. The Morgan fingerprint density at radius 2 is 1.87 bits per heavy atom. The number of rotatable bonds is 1. The lowest BCUT2D eigenvalue weighted by atomic mass is 10.1. The minimum absolute atomic E-state index is 0.191. The van der Waals surface area contributed by atoms with E-state index in [4.69, 9.17) is 5.73 Å². The third-order valence-electron chi connectivity index (χ3n) is 2.28. The van der Waals surface area contributed by atoms with Crippen LogP contribution in [0.2, 0.25) is 0 Å². The molecule has 0 aromatic carbocycles. The molecular formula is C10H11N3O2. The highest BCUT2D eigenvalue weighted by Crippen LogP contribution is 2.20. The highest BCUT2D eigenvalue weighted by atomic mass is 16.2. The molecule has 0 saturated carbocycles. The van der Waals surface area contributed by atoms with Gasteiger partial charge in [-0.15, -0.1) is 0 Å². The van der Waals surface area contributed by atoms with E-state index in [0.717, 1.165) is 4.90 Å². The summed E-state index contributed by atoms with van der Waals surface area (Å²) >= 11 is 0. The van der Waals surface area contributed by atoms with Gasteiger partial charge in [-0.1, -0.05) is 0 Å². The summed E-state index contributed by atoms with van der Waals surface area (Å²) in [7, 11) is 0. The number of carbonyl (C=O) groups excluding carboxylic acids is 2. The molecule has 0 bridgehead atoms. The van der Waals surface area contributed by atoms with E-state index >= 15 is 0 Å². The molecule has 1 aromatic heterocycles. The maximum atomic E-state index is 11.5. The van der Waals surface area contributed by atoms with Crippen LogP contribution in [0.3, 0.4) is 0 Å². The molecule has 0 spiro atoms. The van der Waals surface area contributed by atoms with Gasteiger partial charge in [-0.3, -0.25) is 9.59 Å². The van der Waals surface area contributed by atoms with Gasteiger partial charge >= 0.3 is 0 Å². The van der Waals surface area contributed by atoms with Crippen LogP contribution >= 0.6 is 0 Å². The average molecular weight is 205 g/mol. The Kier molecular flexibility index (Phi) is 2.37. The van der Waals surface area contributed by atoms with Crippen molar-refractivity contribution in [3.63, 3.8) is 0 Å². The maximum absolute atomic E-state index is 11.5. The van der Waals surface area contributed by atoms with E-state index < -0.39 is 0 Å². The van der Waals surface area contributed by atoms with Crippen molar-refractivity contribution in [2.24, 2.45) is 0 Å². The van der Waals surface area contributed by atoms with E-state index in [-0.39, 0.29) is 11.8 Å². The third-order valence-corrected chi connectivity index (χ3v) is 2.28. The van der Waals surface area contributed by atoms with E-state index in [1.165, 1.54) is 6.20 Å². The molecule has 1 aromatic rings. The molecule has 0 unspecified atom stereocenters. The third kappa shape index (κ3) is 1.81. The van der Waals surface area contributed by atoms with Crippen LogP contribution in [-0.2, 0) is 9.59 Å². The van der Waals surface area contributed by atoms with Crippen LogP contribution in [0.5, 0.6) is 0 Å². The first-order chi connectivity index (χ1) is 7.18. The first kappa shape index (κ1) is 9.64. The highest BCUT2D eigenvalue weighted by molar-refractivity contribution is 6.15. The second kappa shape index (κ2) is 3.68. The van der Waals surface area contributed by atoms with Crippen molar-refractivity contribution < 1.29 is 9.59 Å². The Labute approximate surface area is 86.9 Å². The standard InChI is InChI=1S/C10H11N3O2/c11-7-4-5-8(12-6-7)13-9(14)2-1-3-10(13)15/h4-6H,1-3,11H2.